The number of rotatable bonds is 6. The van der Waals surface area contributed by atoms with Crippen molar-refractivity contribution in [3.05, 3.63) is 65.7 Å². The van der Waals surface area contributed by atoms with Gasteiger partial charge >= 0.3 is 0 Å². The Morgan fingerprint density at radius 3 is 2.44 bits per heavy atom. The van der Waals surface area contributed by atoms with E-state index in [2.05, 4.69) is 26.0 Å². The topological polar surface area (TPSA) is 35.5 Å². The van der Waals surface area contributed by atoms with Gasteiger partial charge in [0.25, 0.3) is 0 Å². The van der Waals surface area contributed by atoms with E-state index in [1.165, 1.54) is 0 Å². The quantitative estimate of drug-likeness (QED) is 0.648. The monoisotopic (exact) mass is 386 g/mol. The molecule has 3 rings (SSSR count). The van der Waals surface area contributed by atoms with Gasteiger partial charge in [-0.15, -0.1) is 0 Å². The van der Waals surface area contributed by atoms with Gasteiger partial charge in [-0.25, -0.2) is 4.21 Å². The van der Waals surface area contributed by atoms with Crippen molar-refractivity contribution in [3.8, 4) is 0 Å². The van der Waals surface area contributed by atoms with Gasteiger partial charge in [-0.05, 0) is 36.3 Å². The molecular formula is C23H30O3S. The summed E-state index contributed by atoms with van der Waals surface area (Å²) in [5.74, 6) is 0. The van der Waals surface area contributed by atoms with Crippen molar-refractivity contribution in [1.29, 1.82) is 0 Å². The van der Waals surface area contributed by atoms with E-state index in [9.17, 15) is 4.21 Å². The van der Waals surface area contributed by atoms with Gasteiger partial charge in [-0.2, -0.15) is 0 Å². The largest absolute Gasteiger partial charge is 0.369 e. The molecule has 3 nitrogen and oxygen atoms in total. The summed E-state index contributed by atoms with van der Waals surface area (Å²) in [4.78, 5) is 0.711. The second kappa shape index (κ2) is 8.68. The minimum Gasteiger partial charge on any atom is -0.369 e. The molecule has 2 aromatic carbocycles. The van der Waals surface area contributed by atoms with E-state index in [1.807, 2.05) is 42.5 Å². The van der Waals surface area contributed by atoms with Crippen LogP contribution in [0, 0.1) is 5.41 Å². The Balaban J connectivity index is 2.23. The van der Waals surface area contributed by atoms with E-state index in [4.69, 9.17) is 8.92 Å². The third-order valence-corrected chi connectivity index (χ3v) is 7.04. The van der Waals surface area contributed by atoms with E-state index in [0.29, 0.717) is 11.5 Å². The van der Waals surface area contributed by atoms with Crippen LogP contribution in [0.15, 0.2) is 59.5 Å². The molecule has 3 atom stereocenters. The minimum absolute atomic E-state index is 0.0783. The van der Waals surface area contributed by atoms with Crippen molar-refractivity contribution in [2.24, 2.45) is 5.41 Å². The van der Waals surface area contributed by atoms with Gasteiger partial charge in [0, 0.05) is 12.7 Å². The van der Waals surface area contributed by atoms with Crippen LogP contribution in [0.2, 0.25) is 0 Å². The Morgan fingerprint density at radius 1 is 1.07 bits per heavy atom. The van der Waals surface area contributed by atoms with Gasteiger partial charge in [-0.1, -0.05) is 75.2 Å². The molecule has 2 unspecified atom stereocenters. The van der Waals surface area contributed by atoms with Crippen molar-refractivity contribution in [2.75, 3.05) is 13.7 Å². The molecule has 0 radical (unpaired) electrons. The maximum atomic E-state index is 13.0. The molecule has 1 aliphatic heterocycles. The Labute approximate surface area is 165 Å². The maximum Gasteiger partial charge on any atom is 0.189 e. The van der Waals surface area contributed by atoms with Crippen LogP contribution < -0.4 is 0 Å². The molecule has 1 heterocycles. The van der Waals surface area contributed by atoms with E-state index in [-0.39, 0.29) is 5.41 Å². The number of ether oxygens (including phenoxy) is 1. The predicted octanol–water partition coefficient (Wildman–Crippen LogP) is 5.61. The summed E-state index contributed by atoms with van der Waals surface area (Å²) in [6.07, 6.45) is 5.07. The fraction of sp³-hybridized carbons (Fsp3) is 0.478. The highest BCUT2D eigenvalue weighted by atomic mass is 32.2. The highest BCUT2D eigenvalue weighted by Gasteiger charge is 2.46. The first kappa shape index (κ1) is 20.2. The summed E-state index contributed by atoms with van der Waals surface area (Å²) in [6.45, 7) is 4.91. The standard InChI is InChI=1S/C23H30O3S/c1-4-6-16-22(5-2)17-23(25-3,19-12-8-7-9-13-19)20-14-10-11-15-21(20)27(24)26-18-22/h7-15H,4-6,16-18H2,1-3H3/t22-,23?,27?/m0/s1. The third-order valence-electron chi connectivity index (χ3n) is 6.00. The van der Waals surface area contributed by atoms with Crippen LogP contribution in [0.4, 0.5) is 0 Å². The van der Waals surface area contributed by atoms with Gasteiger partial charge in [0.05, 0.1) is 11.5 Å². The maximum absolute atomic E-state index is 13.0. The normalized spacial score (nSPS) is 28.2. The average molecular weight is 387 g/mol. The summed E-state index contributed by atoms with van der Waals surface area (Å²) in [7, 11) is 1.77. The summed E-state index contributed by atoms with van der Waals surface area (Å²) >= 11 is -1.50. The lowest BCUT2D eigenvalue weighted by molar-refractivity contribution is -0.0426. The Hall–Kier alpha value is -1.49. The smallest absolute Gasteiger partial charge is 0.189 e. The van der Waals surface area contributed by atoms with Crippen LogP contribution >= 0.6 is 0 Å². The molecule has 0 bridgehead atoms. The van der Waals surface area contributed by atoms with Crippen molar-refractivity contribution >= 4 is 11.1 Å². The van der Waals surface area contributed by atoms with Crippen molar-refractivity contribution < 1.29 is 13.1 Å². The molecule has 0 aromatic heterocycles. The number of unbranched alkanes of at least 4 members (excludes halogenated alkanes) is 1. The SMILES string of the molecule is CCCC[C@]1(CC)COS(=O)c2ccccc2C(OC)(c2ccccc2)C1. The van der Waals surface area contributed by atoms with Gasteiger partial charge < -0.3 is 4.74 Å². The molecule has 2 aromatic rings. The molecule has 146 valence electrons. The summed E-state index contributed by atoms with van der Waals surface area (Å²) in [5.41, 5.74) is 1.34. The van der Waals surface area contributed by atoms with Crippen molar-refractivity contribution in [3.63, 3.8) is 0 Å². The highest BCUT2D eigenvalue weighted by Crippen LogP contribution is 2.49. The molecule has 0 saturated carbocycles. The molecule has 0 aliphatic carbocycles. The minimum atomic E-state index is -1.50. The van der Waals surface area contributed by atoms with Crippen LogP contribution in [0.25, 0.3) is 0 Å². The molecule has 1 aliphatic rings. The highest BCUT2D eigenvalue weighted by molar-refractivity contribution is 7.80. The summed E-state index contributed by atoms with van der Waals surface area (Å²) in [6, 6.07) is 18.2. The zero-order valence-corrected chi connectivity index (χ0v) is 17.4. The molecule has 0 amide bonds. The molecule has 0 N–H and O–H groups in total. The zero-order chi connectivity index (χ0) is 19.3. The Bertz CT molecular complexity index is 776. The van der Waals surface area contributed by atoms with Gasteiger partial charge in [0.15, 0.2) is 11.1 Å². The lowest BCUT2D eigenvalue weighted by Gasteiger charge is -2.45. The molecule has 0 fully saturated rings. The van der Waals surface area contributed by atoms with Crippen LogP contribution in [0.3, 0.4) is 0 Å². The van der Waals surface area contributed by atoms with Crippen molar-refractivity contribution in [2.45, 2.75) is 56.4 Å². The van der Waals surface area contributed by atoms with Crippen LogP contribution in [0.1, 0.15) is 57.1 Å². The molecule has 4 heteroatoms. The fourth-order valence-corrected chi connectivity index (χ4v) is 5.33. The van der Waals surface area contributed by atoms with E-state index >= 15 is 0 Å². The number of methoxy groups -OCH3 is 1. The van der Waals surface area contributed by atoms with Gasteiger partial charge in [-0.3, -0.25) is 4.18 Å². The van der Waals surface area contributed by atoms with Gasteiger partial charge in [0.1, 0.15) is 5.60 Å². The fourth-order valence-electron chi connectivity index (χ4n) is 4.24. The summed E-state index contributed by atoms with van der Waals surface area (Å²) in [5, 5.41) is 0. The molecule has 27 heavy (non-hydrogen) atoms. The summed E-state index contributed by atoms with van der Waals surface area (Å²) < 4.78 is 25.2. The first-order valence-electron chi connectivity index (χ1n) is 9.86. The second-order valence-electron chi connectivity index (χ2n) is 7.52. The lowest BCUT2D eigenvalue weighted by atomic mass is 9.68. The van der Waals surface area contributed by atoms with Crippen LogP contribution in [-0.4, -0.2) is 17.9 Å². The van der Waals surface area contributed by atoms with Crippen LogP contribution in [0.5, 0.6) is 0 Å². The van der Waals surface area contributed by atoms with Crippen molar-refractivity contribution in [1.82, 2.24) is 0 Å². The molecular weight excluding hydrogens is 356 g/mol. The van der Waals surface area contributed by atoms with Crippen LogP contribution in [-0.2, 0) is 25.6 Å². The zero-order valence-electron chi connectivity index (χ0n) is 16.6. The third kappa shape index (κ3) is 3.89. The van der Waals surface area contributed by atoms with E-state index < -0.39 is 16.7 Å². The lowest BCUT2D eigenvalue weighted by Crippen LogP contribution is -2.42. The first-order chi connectivity index (χ1) is 13.1. The number of hydrogen-bond donors (Lipinski definition) is 0. The first-order valence-corrected chi connectivity index (χ1v) is 10.9. The predicted molar refractivity (Wildman–Crippen MR) is 110 cm³/mol. The van der Waals surface area contributed by atoms with E-state index in [0.717, 1.165) is 43.2 Å². The Morgan fingerprint density at radius 2 is 1.78 bits per heavy atom. The van der Waals surface area contributed by atoms with E-state index in [1.54, 1.807) is 7.11 Å². The molecule has 0 spiro atoms. The number of benzene rings is 2. The number of fused-ring (bicyclic) bond motifs is 1. The van der Waals surface area contributed by atoms with Gasteiger partial charge in [0.2, 0.25) is 0 Å². The molecule has 0 saturated heterocycles. The number of hydrogen-bond acceptors (Lipinski definition) is 3. The average Bonchev–Trinajstić information content (AvgIpc) is 2.73. The second-order valence-corrected chi connectivity index (χ2v) is 8.67. The Kier molecular flexibility index (Phi) is 6.51.